The summed E-state index contributed by atoms with van der Waals surface area (Å²) in [6.07, 6.45) is 2.59. The maximum absolute atomic E-state index is 11.4. The smallest absolute Gasteiger partial charge is 0.309 e. The Morgan fingerprint density at radius 3 is 3.00 bits per heavy atom. The topological polar surface area (TPSA) is 52.1 Å². The Kier molecular flexibility index (Phi) is 4.76. The quantitative estimate of drug-likeness (QED) is 0.482. The third-order valence-electron chi connectivity index (χ3n) is 2.77. The van der Waals surface area contributed by atoms with E-state index < -0.39 is 0 Å². The van der Waals surface area contributed by atoms with Crippen LogP contribution < -0.4 is 0 Å². The number of aryl methyl sites for hydroxylation is 1. The van der Waals surface area contributed by atoms with Crippen LogP contribution in [0.1, 0.15) is 18.7 Å². The molecule has 0 spiro atoms. The van der Waals surface area contributed by atoms with E-state index in [1.54, 1.807) is 29.4 Å². The van der Waals surface area contributed by atoms with Crippen LogP contribution in [-0.4, -0.2) is 28.8 Å². The SMILES string of the molecule is CCc1cc2c(SCC(C)C(=O)OC)ncnc2s1. The van der Waals surface area contributed by atoms with Gasteiger partial charge in [-0.15, -0.1) is 23.1 Å². The summed E-state index contributed by atoms with van der Waals surface area (Å²) in [4.78, 5) is 22.3. The fraction of sp³-hybridized carbons (Fsp3) is 0.462. The van der Waals surface area contributed by atoms with Gasteiger partial charge >= 0.3 is 5.97 Å². The van der Waals surface area contributed by atoms with Crippen molar-refractivity contribution in [3.63, 3.8) is 0 Å². The van der Waals surface area contributed by atoms with E-state index in [1.807, 2.05) is 6.92 Å². The maximum Gasteiger partial charge on any atom is 0.309 e. The number of methoxy groups -OCH3 is 1. The van der Waals surface area contributed by atoms with E-state index in [1.165, 1.54) is 12.0 Å². The maximum atomic E-state index is 11.4. The molecule has 0 aromatic carbocycles. The minimum absolute atomic E-state index is 0.135. The third-order valence-corrected chi connectivity index (χ3v) is 5.22. The number of thiophene rings is 1. The molecule has 1 unspecified atom stereocenters. The molecule has 4 nitrogen and oxygen atoms in total. The van der Waals surface area contributed by atoms with E-state index >= 15 is 0 Å². The van der Waals surface area contributed by atoms with Gasteiger partial charge in [0.2, 0.25) is 0 Å². The molecule has 0 aliphatic heterocycles. The first-order chi connectivity index (χ1) is 9.15. The van der Waals surface area contributed by atoms with Crippen molar-refractivity contribution in [3.8, 4) is 0 Å². The van der Waals surface area contributed by atoms with Crippen molar-refractivity contribution in [2.45, 2.75) is 25.3 Å². The molecule has 1 atom stereocenters. The van der Waals surface area contributed by atoms with Crippen molar-refractivity contribution < 1.29 is 9.53 Å². The molecular weight excluding hydrogens is 280 g/mol. The number of fused-ring (bicyclic) bond motifs is 1. The summed E-state index contributed by atoms with van der Waals surface area (Å²) in [5, 5.41) is 2.03. The molecule has 0 aliphatic rings. The van der Waals surface area contributed by atoms with E-state index in [4.69, 9.17) is 4.74 Å². The lowest BCUT2D eigenvalue weighted by Crippen LogP contribution is -2.14. The fourth-order valence-corrected chi connectivity index (χ4v) is 3.62. The number of rotatable bonds is 5. The van der Waals surface area contributed by atoms with Gasteiger partial charge in [-0.3, -0.25) is 4.79 Å². The van der Waals surface area contributed by atoms with Gasteiger partial charge in [-0.05, 0) is 12.5 Å². The Labute approximate surface area is 120 Å². The second-order valence-electron chi connectivity index (χ2n) is 4.20. The molecule has 0 fully saturated rings. The Hall–Kier alpha value is -1.14. The Morgan fingerprint density at radius 1 is 1.53 bits per heavy atom. The van der Waals surface area contributed by atoms with Gasteiger partial charge in [0.25, 0.3) is 0 Å². The first-order valence-corrected chi connectivity index (χ1v) is 7.90. The molecule has 0 N–H and O–H groups in total. The van der Waals surface area contributed by atoms with Gasteiger partial charge < -0.3 is 4.74 Å². The van der Waals surface area contributed by atoms with Crippen LogP contribution in [0.15, 0.2) is 17.4 Å². The molecule has 0 aliphatic carbocycles. The highest BCUT2D eigenvalue weighted by atomic mass is 32.2. The van der Waals surface area contributed by atoms with Crippen molar-refractivity contribution in [3.05, 3.63) is 17.3 Å². The average Bonchev–Trinajstić information content (AvgIpc) is 2.87. The minimum Gasteiger partial charge on any atom is -0.469 e. The molecule has 0 saturated heterocycles. The molecule has 6 heteroatoms. The zero-order valence-electron chi connectivity index (χ0n) is 11.2. The standard InChI is InChI=1S/C13H16N2O2S2/c1-4-9-5-10-11(14-7-15-12(10)19-9)18-6-8(2)13(16)17-3/h5,7-8H,4,6H2,1-3H3. The van der Waals surface area contributed by atoms with E-state index in [0.717, 1.165) is 21.7 Å². The monoisotopic (exact) mass is 296 g/mol. The van der Waals surface area contributed by atoms with Gasteiger partial charge in [-0.2, -0.15) is 0 Å². The normalized spacial score (nSPS) is 12.6. The first-order valence-electron chi connectivity index (χ1n) is 6.09. The largest absolute Gasteiger partial charge is 0.469 e. The molecule has 102 valence electrons. The number of hydrogen-bond donors (Lipinski definition) is 0. The molecule has 2 aromatic rings. The van der Waals surface area contributed by atoms with E-state index in [0.29, 0.717) is 5.75 Å². The zero-order valence-corrected chi connectivity index (χ0v) is 12.8. The molecule has 0 saturated carbocycles. The van der Waals surface area contributed by atoms with Crippen LogP contribution in [0.2, 0.25) is 0 Å². The summed E-state index contributed by atoms with van der Waals surface area (Å²) in [6, 6.07) is 2.14. The minimum atomic E-state index is -0.183. The highest BCUT2D eigenvalue weighted by Crippen LogP contribution is 2.31. The lowest BCUT2D eigenvalue weighted by atomic mass is 10.2. The average molecular weight is 296 g/mol. The third kappa shape index (κ3) is 3.25. The predicted molar refractivity (Wildman–Crippen MR) is 78.7 cm³/mol. The number of ether oxygens (including phenoxy) is 1. The summed E-state index contributed by atoms with van der Waals surface area (Å²) >= 11 is 3.28. The van der Waals surface area contributed by atoms with Crippen LogP contribution in [0.5, 0.6) is 0 Å². The van der Waals surface area contributed by atoms with Gasteiger partial charge in [0, 0.05) is 16.0 Å². The van der Waals surface area contributed by atoms with E-state index in [2.05, 4.69) is 23.0 Å². The van der Waals surface area contributed by atoms with Crippen LogP contribution in [-0.2, 0) is 16.0 Å². The zero-order chi connectivity index (χ0) is 13.8. The van der Waals surface area contributed by atoms with Crippen molar-refractivity contribution in [2.75, 3.05) is 12.9 Å². The second-order valence-corrected chi connectivity index (χ2v) is 6.32. The van der Waals surface area contributed by atoms with Crippen LogP contribution in [0, 0.1) is 5.92 Å². The predicted octanol–water partition coefficient (Wildman–Crippen LogP) is 3.15. The summed E-state index contributed by atoms with van der Waals surface area (Å²) in [7, 11) is 1.42. The van der Waals surface area contributed by atoms with Crippen molar-refractivity contribution >= 4 is 39.3 Å². The number of carbonyl (C=O) groups excluding carboxylic acids is 1. The fourth-order valence-electron chi connectivity index (χ4n) is 1.65. The number of hydrogen-bond acceptors (Lipinski definition) is 6. The Bertz CT molecular complexity index is 583. The summed E-state index contributed by atoms with van der Waals surface area (Å²) < 4.78 is 4.73. The van der Waals surface area contributed by atoms with E-state index in [9.17, 15) is 4.79 Å². The molecule has 19 heavy (non-hydrogen) atoms. The van der Waals surface area contributed by atoms with Crippen molar-refractivity contribution in [2.24, 2.45) is 5.92 Å². The van der Waals surface area contributed by atoms with Crippen molar-refractivity contribution in [1.29, 1.82) is 0 Å². The highest BCUT2D eigenvalue weighted by Gasteiger charge is 2.15. The summed E-state index contributed by atoms with van der Waals surface area (Å²) in [5.41, 5.74) is 0. The highest BCUT2D eigenvalue weighted by molar-refractivity contribution is 7.99. The van der Waals surface area contributed by atoms with Crippen LogP contribution in [0.3, 0.4) is 0 Å². The van der Waals surface area contributed by atoms with Gasteiger partial charge in [-0.25, -0.2) is 9.97 Å². The van der Waals surface area contributed by atoms with Gasteiger partial charge in [-0.1, -0.05) is 13.8 Å². The molecule has 0 bridgehead atoms. The van der Waals surface area contributed by atoms with Crippen molar-refractivity contribution in [1.82, 2.24) is 9.97 Å². The second kappa shape index (κ2) is 6.34. The van der Waals surface area contributed by atoms with Gasteiger partial charge in [0.1, 0.15) is 16.2 Å². The molecular formula is C13H16N2O2S2. The summed E-state index contributed by atoms with van der Waals surface area (Å²) in [6.45, 7) is 3.99. The van der Waals surface area contributed by atoms with Gasteiger partial charge in [0.05, 0.1) is 13.0 Å². The first kappa shape index (κ1) is 14.3. The molecule has 2 aromatic heterocycles. The lowest BCUT2D eigenvalue weighted by molar-refractivity contribution is -0.143. The number of esters is 1. The molecule has 2 rings (SSSR count). The Balaban J connectivity index is 2.16. The Morgan fingerprint density at radius 2 is 2.32 bits per heavy atom. The lowest BCUT2D eigenvalue weighted by Gasteiger charge is -2.08. The number of thioether (sulfide) groups is 1. The molecule has 0 amide bonds. The number of nitrogens with zero attached hydrogens (tertiary/aromatic N) is 2. The van der Waals surface area contributed by atoms with Crippen LogP contribution in [0.25, 0.3) is 10.2 Å². The molecule has 2 heterocycles. The molecule has 0 radical (unpaired) electrons. The van der Waals surface area contributed by atoms with E-state index in [-0.39, 0.29) is 11.9 Å². The number of aromatic nitrogens is 2. The number of carbonyl (C=O) groups is 1. The van der Waals surface area contributed by atoms with Crippen LogP contribution >= 0.6 is 23.1 Å². The summed E-state index contributed by atoms with van der Waals surface area (Å²) in [5.74, 6) is 0.345. The van der Waals surface area contributed by atoms with Crippen LogP contribution in [0.4, 0.5) is 0 Å². The van der Waals surface area contributed by atoms with Gasteiger partial charge in [0.15, 0.2) is 0 Å².